The molecule has 0 atom stereocenters. The van der Waals surface area contributed by atoms with Gasteiger partial charge in [-0.05, 0) is 48.7 Å². The fourth-order valence-corrected chi connectivity index (χ4v) is 6.75. The lowest BCUT2D eigenvalue weighted by atomic mass is 10.1. The summed E-state index contributed by atoms with van der Waals surface area (Å²) < 4.78 is 5.17. The third kappa shape index (κ3) is 5.43. The topological polar surface area (TPSA) is 95.0 Å². The number of aromatic nitrogens is 5. The summed E-state index contributed by atoms with van der Waals surface area (Å²) in [4.78, 5) is 53.6. The number of carbonyl (C=O) groups excluding carboxylic acids is 1. The summed E-state index contributed by atoms with van der Waals surface area (Å²) in [6, 6.07) is 32.7. The lowest BCUT2D eigenvalue weighted by Gasteiger charge is -2.23. The zero-order chi connectivity index (χ0) is 31.8. The van der Waals surface area contributed by atoms with Gasteiger partial charge in [-0.15, -0.1) is 0 Å². The van der Waals surface area contributed by atoms with Crippen LogP contribution in [0.1, 0.15) is 22.3 Å². The van der Waals surface area contributed by atoms with Gasteiger partial charge in [-0.2, -0.15) is 0 Å². The third-order valence-corrected chi connectivity index (χ3v) is 8.99. The third-order valence-electron chi connectivity index (χ3n) is 7.97. The molecule has 0 radical (unpaired) electrons. The van der Waals surface area contributed by atoms with Gasteiger partial charge in [0.15, 0.2) is 16.3 Å². The number of amides is 1. The fourth-order valence-electron chi connectivity index (χ4n) is 5.75. The minimum absolute atomic E-state index is 0.186. The van der Waals surface area contributed by atoms with Crippen LogP contribution in [0, 0.1) is 13.8 Å². The van der Waals surface area contributed by atoms with E-state index in [-0.39, 0.29) is 17.7 Å². The number of carbonyl (C=O) groups is 1. The Balaban J connectivity index is 1.38. The molecule has 0 N–H and O–H groups in total. The standard InChI is InChI=1S/C36H30N6O3S/c1-24-17-18-29(25(2)19-24)42(35-38-28-15-9-10-16-30(28)46-35)31(43)22-41-34(44)32-33(37-23-39(32)20-26-11-5-3-6-12-26)40(36(41)45)21-27-13-7-4-8-14-27/h3-19,23H,20-22H2,1-2H3. The number of hydrogen-bond donors (Lipinski definition) is 0. The highest BCUT2D eigenvalue weighted by Gasteiger charge is 2.27. The molecule has 0 aliphatic rings. The molecule has 10 heteroatoms. The molecule has 7 aromatic rings. The Labute approximate surface area is 268 Å². The van der Waals surface area contributed by atoms with Crippen molar-refractivity contribution in [2.45, 2.75) is 33.5 Å². The van der Waals surface area contributed by atoms with Crippen LogP contribution >= 0.6 is 11.3 Å². The van der Waals surface area contributed by atoms with Crippen molar-refractivity contribution in [2.24, 2.45) is 0 Å². The van der Waals surface area contributed by atoms with Crippen LogP contribution < -0.4 is 16.1 Å². The van der Waals surface area contributed by atoms with Crippen molar-refractivity contribution in [1.82, 2.24) is 23.7 Å². The molecule has 0 unspecified atom stereocenters. The number of anilines is 2. The van der Waals surface area contributed by atoms with Crippen molar-refractivity contribution in [3.63, 3.8) is 0 Å². The van der Waals surface area contributed by atoms with Gasteiger partial charge in [0, 0.05) is 6.54 Å². The van der Waals surface area contributed by atoms with Gasteiger partial charge < -0.3 is 4.57 Å². The molecule has 0 fully saturated rings. The molecule has 0 spiro atoms. The van der Waals surface area contributed by atoms with Crippen LogP contribution in [-0.2, 0) is 24.4 Å². The minimum atomic E-state index is -0.607. The molecule has 0 saturated heterocycles. The van der Waals surface area contributed by atoms with Gasteiger partial charge in [-0.25, -0.2) is 19.3 Å². The van der Waals surface area contributed by atoms with Crippen LogP contribution in [0.25, 0.3) is 21.4 Å². The van der Waals surface area contributed by atoms with Crippen LogP contribution in [0.5, 0.6) is 0 Å². The zero-order valence-corrected chi connectivity index (χ0v) is 26.1. The molecule has 7 rings (SSSR count). The molecule has 4 aromatic carbocycles. The molecule has 3 aromatic heterocycles. The quantitative estimate of drug-likeness (QED) is 0.205. The van der Waals surface area contributed by atoms with Gasteiger partial charge in [0.2, 0.25) is 0 Å². The van der Waals surface area contributed by atoms with Crippen molar-refractivity contribution in [3.8, 4) is 0 Å². The van der Waals surface area contributed by atoms with E-state index in [0.29, 0.717) is 17.4 Å². The van der Waals surface area contributed by atoms with Crippen LogP contribution in [0.2, 0.25) is 0 Å². The number of hydrogen-bond acceptors (Lipinski definition) is 6. The Bertz CT molecular complexity index is 2300. The Hall–Kier alpha value is -5.61. The molecule has 0 saturated carbocycles. The van der Waals surface area contributed by atoms with Crippen LogP contribution in [0.15, 0.2) is 119 Å². The van der Waals surface area contributed by atoms with Gasteiger partial charge >= 0.3 is 5.69 Å². The largest absolute Gasteiger partial charge is 0.333 e. The highest BCUT2D eigenvalue weighted by Crippen LogP contribution is 2.35. The van der Waals surface area contributed by atoms with Crippen LogP contribution in [-0.4, -0.2) is 29.6 Å². The summed E-state index contributed by atoms with van der Waals surface area (Å²) in [6.07, 6.45) is 1.58. The first-order valence-corrected chi connectivity index (χ1v) is 15.7. The van der Waals surface area contributed by atoms with E-state index in [9.17, 15) is 14.4 Å². The summed E-state index contributed by atoms with van der Waals surface area (Å²) in [5.74, 6) is -0.454. The van der Waals surface area contributed by atoms with Crippen LogP contribution in [0.3, 0.4) is 0 Å². The molecule has 0 bridgehead atoms. The average molecular weight is 627 g/mol. The summed E-state index contributed by atoms with van der Waals surface area (Å²) >= 11 is 1.38. The van der Waals surface area contributed by atoms with E-state index in [1.54, 1.807) is 10.9 Å². The lowest BCUT2D eigenvalue weighted by Crippen LogP contribution is -2.44. The first-order valence-electron chi connectivity index (χ1n) is 14.9. The van der Waals surface area contributed by atoms with Crippen LogP contribution in [0.4, 0.5) is 10.8 Å². The van der Waals surface area contributed by atoms with Gasteiger partial charge in [-0.3, -0.25) is 19.1 Å². The van der Waals surface area contributed by atoms with E-state index in [0.717, 1.165) is 37.0 Å². The number of benzene rings is 4. The summed E-state index contributed by atoms with van der Waals surface area (Å²) in [7, 11) is 0. The zero-order valence-electron chi connectivity index (χ0n) is 25.3. The average Bonchev–Trinajstić information content (AvgIpc) is 3.68. The van der Waals surface area contributed by atoms with Gasteiger partial charge in [0.05, 0.1) is 28.8 Å². The molecule has 0 aliphatic carbocycles. The van der Waals surface area contributed by atoms with E-state index >= 15 is 0 Å². The predicted octanol–water partition coefficient (Wildman–Crippen LogP) is 6.05. The first kappa shape index (κ1) is 29.1. The Morgan fingerprint density at radius 2 is 1.48 bits per heavy atom. The highest BCUT2D eigenvalue weighted by molar-refractivity contribution is 7.22. The Morgan fingerprint density at radius 3 is 2.17 bits per heavy atom. The van der Waals surface area contributed by atoms with Crippen molar-refractivity contribution >= 4 is 49.4 Å². The number of para-hydroxylation sites is 1. The Morgan fingerprint density at radius 1 is 0.804 bits per heavy atom. The lowest BCUT2D eigenvalue weighted by molar-refractivity contribution is -0.118. The summed E-state index contributed by atoms with van der Waals surface area (Å²) in [6.45, 7) is 4.00. The van der Waals surface area contributed by atoms with E-state index in [2.05, 4.69) is 4.98 Å². The second-order valence-corrected chi connectivity index (χ2v) is 12.3. The van der Waals surface area contributed by atoms with Gasteiger partial charge in [0.1, 0.15) is 6.54 Å². The molecular formula is C36H30N6O3S. The van der Waals surface area contributed by atoms with Crippen molar-refractivity contribution < 1.29 is 4.79 Å². The number of rotatable bonds is 8. The molecule has 228 valence electrons. The molecule has 46 heavy (non-hydrogen) atoms. The SMILES string of the molecule is Cc1ccc(N(C(=O)Cn2c(=O)c3c(ncn3Cc3ccccc3)n(Cc3ccccc3)c2=O)c2nc3ccccc3s2)c(C)c1. The fraction of sp³-hybridized carbons (Fsp3) is 0.139. The number of fused-ring (bicyclic) bond motifs is 2. The molecular weight excluding hydrogens is 597 g/mol. The van der Waals surface area contributed by atoms with Gasteiger partial charge in [0.25, 0.3) is 11.5 Å². The second kappa shape index (κ2) is 12.1. The minimum Gasteiger partial charge on any atom is -0.320 e. The predicted molar refractivity (Wildman–Crippen MR) is 182 cm³/mol. The normalized spacial score (nSPS) is 11.3. The number of thiazole rings is 1. The van der Waals surface area contributed by atoms with E-state index < -0.39 is 23.7 Å². The highest BCUT2D eigenvalue weighted by atomic mass is 32.1. The van der Waals surface area contributed by atoms with Crippen molar-refractivity contribution in [3.05, 3.63) is 153 Å². The van der Waals surface area contributed by atoms with E-state index in [1.807, 2.05) is 117 Å². The smallest absolute Gasteiger partial charge is 0.320 e. The number of imidazole rings is 1. The van der Waals surface area contributed by atoms with Gasteiger partial charge in [-0.1, -0.05) is 102 Å². The number of nitrogens with zero attached hydrogens (tertiary/aromatic N) is 6. The molecule has 0 aliphatic heterocycles. The van der Waals surface area contributed by atoms with Crippen molar-refractivity contribution in [2.75, 3.05) is 4.90 Å². The molecule has 9 nitrogen and oxygen atoms in total. The monoisotopic (exact) mass is 626 g/mol. The number of aryl methyl sites for hydroxylation is 2. The maximum Gasteiger partial charge on any atom is 0.333 e. The second-order valence-electron chi connectivity index (χ2n) is 11.3. The van der Waals surface area contributed by atoms with E-state index in [1.165, 1.54) is 20.8 Å². The van der Waals surface area contributed by atoms with E-state index in [4.69, 9.17) is 4.98 Å². The molecule has 3 heterocycles. The maximum atomic E-state index is 14.4. The first-order chi connectivity index (χ1) is 22.4. The summed E-state index contributed by atoms with van der Waals surface area (Å²) in [5.41, 5.74) is 4.52. The Kier molecular flexibility index (Phi) is 7.63. The molecule has 1 amide bonds. The summed E-state index contributed by atoms with van der Waals surface area (Å²) in [5, 5.41) is 0.464. The van der Waals surface area contributed by atoms with Crippen molar-refractivity contribution in [1.29, 1.82) is 0 Å². The maximum absolute atomic E-state index is 14.4.